The molecule has 3 spiro atoms. The highest BCUT2D eigenvalue weighted by Gasteiger charge is 2.66. The van der Waals surface area contributed by atoms with E-state index in [1.165, 1.54) is 87.9 Å². The summed E-state index contributed by atoms with van der Waals surface area (Å²) in [6.07, 6.45) is 33.9. The lowest BCUT2D eigenvalue weighted by molar-refractivity contribution is -0.253. The van der Waals surface area contributed by atoms with Gasteiger partial charge in [0.05, 0.1) is 100 Å². The maximum atomic E-state index is 13.6. The molecule has 17 heteroatoms. The lowest BCUT2D eigenvalue weighted by atomic mass is 9.58. The van der Waals surface area contributed by atoms with Gasteiger partial charge in [-0.25, -0.2) is 27.2 Å². The SMILES string of the molecule is C.C=C[C@H]1OC2(CCCC3=Cc4c(cnn4-c4ccc(F)cc4)C[C@@]32Cc2ccccc2)O[C@@H]1C=C.CCOC(C)=O.CC[C@H]1OC2(CCCC3=Cc4c(cnn4-c4ccc(F)cc4)C[C@@]32Cc2ccccc2)O[C@@H]1CC.CC[C@H]1OC2(CCCC3=Cc4c(cnn4-c4ccc(F)cc4)C[C@@]32Cc2ccccc2)O[C@@H]1CC. The van der Waals surface area contributed by atoms with Gasteiger partial charge in [-0.2, -0.15) is 15.3 Å². The van der Waals surface area contributed by atoms with Crippen LogP contribution < -0.4 is 0 Å². The molecule has 586 valence electrons. The van der Waals surface area contributed by atoms with Crippen molar-refractivity contribution in [2.24, 2.45) is 16.2 Å². The van der Waals surface area contributed by atoms with Gasteiger partial charge in [0.1, 0.15) is 29.7 Å². The first-order valence-corrected chi connectivity index (χ1v) is 40.2. The van der Waals surface area contributed by atoms with Gasteiger partial charge in [-0.15, -0.1) is 13.2 Å². The molecule has 0 amide bonds. The summed E-state index contributed by atoms with van der Waals surface area (Å²) in [4.78, 5) is 9.82. The summed E-state index contributed by atoms with van der Waals surface area (Å²) in [7, 11) is 0. The van der Waals surface area contributed by atoms with Crippen molar-refractivity contribution in [2.45, 2.75) is 225 Å². The first kappa shape index (κ1) is 79.3. The zero-order valence-electron chi connectivity index (χ0n) is 64.8. The highest BCUT2D eigenvalue weighted by Crippen LogP contribution is 2.64. The fraction of sp³-hybridized carbons (Fsp3) is 0.411. The predicted molar refractivity (Wildman–Crippen MR) is 433 cm³/mol. The Morgan fingerprint density at radius 1 is 0.438 bits per heavy atom. The Labute approximate surface area is 658 Å². The third kappa shape index (κ3) is 14.7. The molecule has 6 heterocycles. The number of hydrogen-bond acceptors (Lipinski definition) is 11. The van der Waals surface area contributed by atoms with E-state index >= 15 is 0 Å². The molecule has 3 saturated carbocycles. The van der Waals surface area contributed by atoms with Gasteiger partial charge in [0, 0.05) is 26.2 Å². The van der Waals surface area contributed by atoms with Crippen LogP contribution in [0.15, 0.2) is 224 Å². The summed E-state index contributed by atoms with van der Waals surface area (Å²) in [5.74, 6) is -2.99. The summed E-state index contributed by atoms with van der Waals surface area (Å²) in [5.41, 5.74) is 16.3. The fourth-order valence-corrected chi connectivity index (χ4v) is 19.6. The number of esters is 1. The van der Waals surface area contributed by atoms with Crippen molar-refractivity contribution in [1.29, 1.82) is 0 Å². The number of nitrogens with zero attached hydrogens (tertiary/aromatic N) is 6. The van der Waals surface area contributed by atoms with Gasteiger partial charge in [0.25, 0.3) is 0 Å². The van der Waals surface area contributed by atoms with E-state index in [0.29, 0.717) is 6.61 Å². The molecule has 9 aromatic rings. The second-order valence-electron chi connectivity index (χ2n) is 31.2. The van der Waals surface area contributed by atoms with Gasteiger partial charge in [0.2, 0.25) is 0 Å². The van der Waals surface area contributed by atoms with Crippen molar-refractivity contribution in [1.82, 2.24) is 29.3 Å². The van der Waals surface area contributed by atoms with Crippen LogP contribution in [0.1, 0.15) is 183 Å². The van der Waals surface area contributed by atoms with Crippen LogP contribution in [0.25, 0.3) is 35.3 Å². The molecule has 6 aliphatic carbocycles. The molecule has 9 atom stereocenters. The van der Waals surface area contributed by atoms with E-state index in [1.54, 1.807) is 43.3 Å². The molecule has 0 radical (unpaired) electrons. The van der Waals surface area contributed by atoms with Crippen LogP contribution in [0.4, 0.5) is 13.2 Å². The number of rotatable bonds is 16. The van der Waals surface area contributed by atoms with Crippen molar-refractivity contribution >= 4 is 24.2 Å². The summed E-state index contributed by atoms with van der Waals surface area (Å²) in [6, 6.07) is 51.6. The van der Waals surface area contributed by atoms with Crippen LogP contribution in [-0.2, 0) is 76.5 Å². The maximum absolute atomic E-state index is 13.6. The van der Waals surface area contributed by atoms with Crippen LogP contribution in [0.3, 0.4) is 0 Å². The highest BCUT2D eigenvalue weighted by atomic mass is 19.1. The van der Waals surface area contributed by atoms with Gasteiger partial charge in [0.15, 0.2) is 17.4 Å². The molecule has 6 fully saturated rings. The van der Waals surface area contributed by atoms with Crippen molar-refractivity contribution in [3.8, 4) is 17.1 Å². The molecule has 14 nitrogen and oxygen atoms in total. The Bertz CT molecular complexity index is 4630. The quantitative estimate of drug-likeness (QED) is 0.0676. The van der Waals surface area contributed by atoms with E-state index in [9.17, 15) is 18.0 Å². The largest absolute Gasteiger partial charge is 0.466 e. The minimum Gasteiger partial charge on any atom is -0.466 e. The number of carbonyl (C=O) groups excluding carboxylic acids is 1. The maximum Gasteiger partial charge on any atom is 0.302 e. The van der Waals surface area contributed by atoms with E-state index in [1.807, 2.05) is 50.9 Å². The minimum absolute atomic E-state index is 0. The number of ether oxygens (including phenoxy) is 7. The standard InChI is InChI=1S/2C30H33FN2O2.C30H29FN2O2.C4H8O2.CH4/c3*1-3-27-28(4-2)35-30(34-27)16-8-11-23-17-26-22(19-29(23,30)18-21-9-6-5-7-10-21)20-32-33(26)25-14-12-24(31)13-15-25;1-3-6-4(2)5;/h2*5-7,9-10,12-15,17,20,27-28H,3-4,8,11,16,18-19H2,1-2H3;3-7,9-10,12-15,17,20,27-28H,1-2,8,11,16,18-19H2;3H2,1-2H3;1H4/t3*27-,28-,29+;;/m111../s1. The highest BCUT2D eigenvalue weighted by molar-refractivity contribution is 5.67. The number of carbonyl (C=O) groups is 1. The smallest absolute Gasteiger partial charge is 0.302 e. The molecule has 3 aromatic heterocycles. The van der Waals surface area contributed by atoms with Crippen molar-refractivity contribution < 1.29 is 51.1 Å². The van der Waals surface area contributed by atoms with Gasteiger partial charge >= 0.3 is 5.97 Å². The van der Waals surface area contributed by atoms with E-state index in [2.05, 4.69) is 149 Å². The van der Waals surface area contributed by atoms with E-state index in [0.717, 1.165) is 162 Å². The summed E-state index contributed by atoms with van der Waals surface area (Å²) >= 11 is 0. The van der Waals surface area contributed by atoms with Crippen molar-refractivity contribution in [3.63, 3.8) is 0 Å². The molecule has 6 aromatic carbocycles. The van der Waals surface area contributed by atoms with Gasteiger partial charge in [-0.05, 0) is 234 Å². The summed E-state index contributed by atoms with van der Waals surface area (Å²) in [6.45, 7) is 20.5. The van der Waals surface area contributed by atoms with Crippen LogP contribution in [0, 0.1) is 33.7 Å². The minimum atomic E-state index is -0.777. The van der Waals surface area contributed by atoms with Gasteiger partial charge < -0.3 is 33.2 Å². The molecular weight excluding hydrogens is 1410 g/mol. The number of hydrogen-bond donors (Lipinski definition) is 0. The first-order chi connectivity index (χ1) is 54.0. The number of aromatic nitrogens is 6. The Kier molecular flexibility index (Phi) is 23.6. The average molecular weight is 1520 g/mol. The van der Waals surface area contributed by atoms with Crippen molar-refractivity contribution in [2.75, 3.05) is 6.61 Å². The lowest BCUT2D eigenvalue weighted by Gasteiger charge is -2.53. The number of fused-ring (bicyclic) bond motifs is 9. The topological polar surface area (TPSA) is 135 Å². The predicted octanol–water partition coefficient (Wildman–Crippen LogP) is 20.8. The third-order valence-electron chi connectivity index (χ3n) is 24.8. The van der Waals surface area contributed by atoms with Crippen LogP contribution in [0.2, 0.25) is 0 Å². The average Bonchev–Trinajstić information content (AvgIpc) is 1.53. The summed E-state index contributed by atoms with van der Waals surface area (Å²) < 4.78 is 92.4. The Morgan fingerprint density at radius 2 is 0.714 bits per heavy atom. The van der Waals surface area contributed by atoms with Crippen LogP contribution in [-0.4, -0.2) is 95.9 Å². The second kappa shape index (κ2) is 33.4. The molecule has 3 aliphatic heterocycles. The zero-order chi connectivity index (χ0) is 77.1. The lowest BCUT2D eigenvalue weighted by Crippen LogP contribution is -2.56. The van der Waals surface area contributed by atoms with Crippen LogP contribution >= 0.6 is 0 Å². The second-order valence-corrected chi connectivity index (χ2v) is 31.2. The molecule has 0 N–H and O–H groups in total. The third-order valence-corrected chi connectivity index (χ3v) is 24.8. The zero-order valence-corrected chi connectivity index (χ0v) is 64.8. The summed E-state index contributed by atoms with van der Waals surface area (Å²) in [5, 5.41) is 14.2. The normalized spacial score (nSPS) is 25.5. The fourth-order valence-electron chi connectivity index (χ4n) is 19.6. The first-order valence-electron chi connectivity index (χ1n) is 40.2. The van der Waals surface area contributed by atoms with E-state index in [-0.39, 0.29) is 83.7 Å². The molecule has 9 aliphatic rings. The van der Waals surface area contributed by atoms with E-state index < -0.39 is 17.4 Å². The number of benzene rings is 6. The molecule has 0 unspecified atom stereocenters. The molecule has 3 saturated heterocycles. The molecule has 112 heavy (non-hydrogen) atoms. The monoisotopic (exact) mass is 1520 g/mol. The molecular formula is C95H107F3N6O8. The Balaban J connectivity index is 0.000000134. The molecule has 18 rings (SSSR count). The van der Waals surface area contributed by atoms with Gasteiger partial charge in [-0.3, -0.25) is 4.79 Å². The number of halogens is 3. The van der Waals surface area contributed by atoms with Crippen LogP contribution in [0.5, 0.6) is 0 Å². The Hall–Kier alpha value is -9.33. The van der Waals surface area contributed by atoms with E-state index in [4.69, 9.17) is 43.7 Å². The van der Waals surface area contributed by atoms with Crippen molar-refractivity contribution in [3.05, 3.63) is 292 Å². The Morgan fingerprint density at radius 3 is 0.955 bits per heavy atom. The molecule has 0 bridgehead atoms. The van der Waals surface area contributed by atoms with Gasteiger partial charge in [-0.1, -0.05) is 155 Å².